The lowest BCUT2D eigenvalue weighted by Gasteiger charge is -2.30. The lowest BCUT2D eigenvalue weighted by molar-refractivity contribution is -0.384. The Labute approximate surface area is 185 Å². The van der Waals surface area contributed by atoms with Gasteiger partial charge in [-0.15, -0.1) is 0 Å². The van der Waals surface area contributed by atoms with Crippen LogP contribution in [-0.4, -0.2) is 34.6 Å². The Hall–Kier alpha value is -4.32. The predicted molar refractivity (Wildman–Crippen MR) is 123 cm³/mol. The van der Waals surface area contributed by atoms with Gasteiger partial charge in [-0.2, -0.15) is 0 Å². The fourth-order valence-electron chi connectivity index (χ4n) is 3.59. The van der Waals surface area contributed by atoms with E-state index in [0.29, 0.717) is 16.7 Å². The third-order valence-corrected chi connectivity index (χ3v) is 5.20. The number of ketones is 1. The summed E-state index contributed by atoms with van der Waals surface area (Å²) in [5, 5.41) is 10.9. The van der Waals surface area contributed by atoms with Crippen LogP contribution in [0.15, 0.2) is 96.1 Å². The van der Waals surface area contributed by atoms with Crippen molar-refractivity contribution >= 4 is 29.5 Å². The van der Waals surface area contributed by atoms with E-state index in [9.17, 15) is 19.7 Å². The quantitative estimate of drug-likeness (QED) is 0.343. The smallest absolute Gasteiger partial charge is 0.269 e. The molecule has 32 heavy (non-hydrogen) atoms. The first kappa shape index (κ1) is 20.9. The number of likely N-dealkylation sites (tertiary alicyclic amines) is 1. The summed E-state index contributed by atoms with van der Waals surface area (Å²) in [5.74, 6) is -0.379. The van der Waals surface area contributed by atoms with Crippen molar-refractivity contribution in [3.8, 4) is 0 Å². The van der Waals surface area contributed by atoms with Crippen molar-refractivity contribution in [2.24, 2.45) is 0 Å². The molecule has 0 aromatic heterocycles. The fraction of sp³-hybridized carbons (Fsp3) is 0.0769. The second-order valence-electron chi connectivity index (χ2n) is 7.45. The zero-order chi connectivity index (χ0) is 22.5. The van der Waals surface area contributed by atoms with E-state index in [1.54, 1.807) is 17.1 Å². The van der Waals surface area contributed by atoms with Gasteiger partial charge in [-0.05, 0) is 35.4 Å². The van der Waals surface area contributed by atoms with Crippen molar-refractivity contribution in [3.05, 3.63) is 123 Å². The average Bonchev–Trinajstić information content (AvgIpc) is 2.82. The predicted octanol–water partition coefficient (Wildman–Crippen LogP) is 4.79. The minimum atomic E-state index is -0.505. The second kappa shape index (κ2) is 9.22. The molecule has 1 aliphatic heterocycles. The molecule has 0 aliphatic carbocycles. The number of non-ortho nitro benzene ring substituents is 1. The summed E-state index contributed by atoms with van der Waals surface area (Å²) < 4.78 is 0. The van der Waals surface area contributed by atoms with Crippen molar-refractivity contribution in [1.82, 2.24) is 4.90 Å². The molecule has 0 atom stereocenters. The number of benzene rings is 3. The van der Waals surface area contributed by atoms with E-state index in [0.717, 1.165) is 11.1 Å². The first-order valence-electron chi connectivity index (χ1n) is 10.1. The molecule has 158 valence electrons. The van der Waals surface area contributed by atoms with Gasteiger partial charge in [0.2, 0.25) is 0 Å². The Kier molecular flexibility index (Phi) is 6.03. The Bertz CT molecular complexity index is 1150. The highest BCUT2D eigenvalue weighted by Crippen LogP contribution is 2.24. The number of rotatable bonds is 4. The van der Waals surface area contributed by atoms with Crippen molar-refractivity contribution in [2.45, 2.75) is 0 Å². The summed E-state index contributed by atoms with van der Waals surface area (Å²) >= 11 is 0. The van der Waals surface area contributed by atoms with Crippen molar-refractivity contribution < 1.29 is 14.5 Å². The second-order valence-corrected chi connectivity index (χ2v) is 7.45. The van der Waals surface area contributed by atoms with Crippen LogP contribution in [-0.2, 0) is 4.79 Å². The van der Waals surface area contributed by atoms with E-state index in [1.807, 2.05) is 60.7 Å². The van der Waals surface area contributed by atoms with Crippen LogP contribution in [0.1, 0.15) is 21.5 Å². The fourth-order valence-corrected chi connectivity index (χ4v) is 3.59. The van der Waals surface area contributed by atoms with Crippen LogP contribution < -0.4 is 0 Å². The Morgan fingerprint density at radius 2 is 1.25 bits per heavy atom. The molecule has 1 heterocycles. The minimum absolute atomic E-state index is 0.0790. The number of Topliss-reactive ketones (excluding diaryl/α,β-unsaturated/α-hetero) is 1. The largest absolute Gasteiger partial charge is 0.330 e. The van der Waals surface area contributed by atoms with E-state index in [4.69, 9.17) is 0 Å². The molecular formula is C26H20N2O4. The molecule has 0 N–H and O–H groups in total. The van der Waals surface area contributed by atoms with E-state index in [1.165, 1.54) is 24.3 Å². The van der Waals surface area contributed by atoms with Crippen LogP contribution in [0.2, 0.25) is 0 Å². The molecule has 6 nitrogen and oxygen atoms in total. The SMILES string of the molecule is O=C1/C(=C/c2ccccc2)CN(C(=O)c2ccc([N+](=O)[O-])cc2)C/C1=C\c1ccccc1. The van der Waals surface area contributed by atoms with Crippen LogP contribution in [0.3, 0.4) is 0 Å². The molecule has 4 rings (SSSR count). The molecule has 1 amide bonds. The maximum Gasteiger partial charge on any atom is 0.269 e. The molecule has 1 saturated heterocycles. The molecule has 0 bridgehead atoms. The van der Waals surface area contributed by atoms with Gasteiger partial charge in [0.05, 0.1) is 18.0 Å². The number of piperidine rings is 1. The summed E-state index contributed by atoms with van der Waals surface area (Å²) in [6, 6.07) is 24.5. The molecule has 3 aromatic carbocycles. The number of nitrogens with zero attached hydrogens (tertiary/aromatic N) is 2. The van der Waals surface area contributed by atoms with Gasteiger partial charge >= 0.3 is 0 Å². The standard InChI is InChI=1S/C26H20N2O4/c29-25-22(15-19-7-3-1-4-8-19)17-27(18-23(25)16-20-9-5-2-6-10-20)26(30)21-11-13-24(14-12-21)28(31)32/h1-16H,17-18H2/b22-15+,23-16+. The van der Waals surface area contributed by atoms with Gasteiger partial charge in [0.15, 0.2) is 5.78 Å². The topological polar surface area (TPSA) is 80.5 Å². The lowest BCUT2D eigenvalue weighted by atomic mass is 9.93. The highest BCUT2D eigenvalue weighted by atomic mass is 16.6. The van der Waals surface area contributed by atoms with E-state index in [2.05, 4.69) is 0 Å². The van der Waals surface area contributed by atoms with E-state index in [-0.39, 0.29) is 30.5 Å². The Morgan fingerprint density at radius 1 is 0.781 bits per heavy atom. The first-order chi connectivity index (χ1) is 15.5. The molecule has 6 heteroatoms. The number of carbonyl (C=O) groups is 2. The summed E-state index contributed by atoms with van der Waals surface area (Å²) in [6.07, 6.45) is 3.60. The van der Waals surface area contributed by atoms with Crippen molar-refractivity contribution in [1.29, 1.82) is 0 Å². The van der Waals surface area contributed by atoms with Crippen LogP contribution >= 0.6 is 0 Å². The molecule has 3 aromatic rings. The third-order valence-electron chi connectivity index (χ3n) is 5.20. The minimum Gasteiger partial charge on any atom is -0.330 e. The normalized spacial score (nSPS) is 16.4. The van der Waals surface area contributed by atoms with Gasteiger partial charge in [0.1, 0.15) is 0 Å². The highest BCUT2D eigenvalue weighted by Gasteiger charge is 2.29. The molecular weight excluding hydrogens is 404 g/mol. The molecule has 1 fully saturated rings. The molecule has 0 saturated carbocycles. The van der Waals surface area contributed by atoms with Gasteiger partial charge in [0, 0.05) is 28.8 Å². The molecule has 1 aliphatic rings. The van der Waals surface area contributed by atoms with E-state index >= 15 is 0 Å². The zero-order valence-corrected chi connectivity index (χ0v) is 17.2. The van der Waals surface area contributed by atoms with E-state index < -0.39 is 4.92 Å². The number of amides is 1. The maximum absolute atomic E-state index is 13.2. The molecule has 0 spiro atoms. The molecule has 0 radical (unpaired) electrons. The summed E-state index contributed by atoms with van der Waals surface area (Å²) in [4.78, 5) is 38.4. The number of hydrogen-bond acceptors (Lipinski definition) is 4. The number of nitro groups is 1. The van der Waals surface area contributed by atoms with Crippen LogP contribution in [0.25, 0.3) is 12.2 Å². The van der Waals surface area contributed by atoms with Gasteiger partial charge in [-0.25, -0.2) is 0 Å². The van der Waals surface area contributed by atoms with Crippen LogP contribution in [0.5, 0.6) is 0 Å². The number of hydrogen-bond donors (Lipinski definition) is 0. The monoisotopic (exact) mass is 424 g/mol. The Morgan fingerprint density at radius 3 is 1.69 bits per heavy atom. The van der Waals surface area contributed by atoms with Gasteiger partial charge in [0.25, 0.3) is 11.6 Å². The number of nitro benzene ring substituents is 1. The number of carbonyl (C=O) groups excluding carboxylic acids is 2. The Balaban J connectivity index is 1.69. The lowest BCUT2D eigenvalue weighted by Crippen LogP contribution is -2.41. The first-order valence-corrected chi connectivity index (χ1v) is 10.1. The zero-order valence-electron chi connectivity index (χ0n) is 17.2. The maximum atomic E-state index is 13.2. The summed E-state index contributed by atoms with van der Waals surface area (Å²) in [5.41, 5.74) is 3.03. The van der Waals surface area contributed by atoms with Crippen LogP contribution in [0.4, 0.5) is 5.69 Å². The van der Waals surface area contributed by atoms with Gasteiger partial charge in [-0.3, -0.25) is 19.7 Å². The summed E-state index contributed by atoms with van der Waals surface area (Å²) in [7, 11) is 0. The average molecular weight is 424 g/mol. The van der Waals surface area contributed by atoms with Crippen molar-refractivity contribution in [3.63, 3.8) is 0 Å². The van der Waals surface area contributed by atoms with Crippen LogP contribution in [0, 0.1) is 10.1 Å². The third kappa shape index (κ3) is 4.70. The molecule has 0 unspecified atom stereocenters. The van der Waals surface area contributed by atoms with Gasteiger partial charge < -0.3 is 4.90 Å². The van der Waals surface area contributed by atoms with Gasteiger partial charge in [-0.1, -0.05) is 60.7 Å². The summed E-state index contributed by atoms with van der Waals surface area (Å²) in [6.45, 7) is 0.325. The van der Waals surface area contributed by atoms with Crippen molar-refractivity contribution in [2.75, 3.05) is 13.1 Å². The highest BCUT2D eigenvalue weighted by molar-refractivity contribution is 6.15.